The van der Waals surface area contributed by atoms with Gasteiger partial charge in [0, 0.05) is 12.2 Å². The molecule has 17 heavy (non-hydrogen) atoms. The molecule has 3 nitrogen and oxygen atoms in total. The number of rotatable bonds is 1. The van der Waals surface area contributed by atoms with E-state index in [1.807, 2.05) is 6.07 Å². The molecule has 0 unspecified atom stereocenters. The van der Waals surface area contributed by atoms with Gasteiger partial charge in [-0.25, -0.2) is 9.97 Å². The van der Waals surface area contributed by atoms with Crippen LogP contribution in [-0.2, 0) is 13.0 Å². The van der Waals surface area contributed by atoms with Crippen molar-refractivity contribution >= 4 is 27.3 Å². The zero-order valence-corrected chi connectivity index (χ0v) is 11.9. The predicted molar refractivity (Wildman–Crippen MR) is 73.2 cm³/mol. The molecule has 3 rings (SSSR count). The zero-order chi connectivity index (χ0) is 11.8. The van der Waals surface area contributed by atoms with Crippen molar-refractivity contribution in [2.75, 3.05) is 6.54 Å². The van der Waals surface area contributed by atoms with Gasteiger partial charge in [-0.2, -0.15) is 0 Å². The average molecular weight is 310 g/mol. The number of nitrogens with zero attached hydrogens (tertiary/aromatic N) is 2. The first-order valence-electron chi connectivity index (χ1n) is 5.57. The van der Waals surface area contributed by atoms with Crippen molar-refractivity contribution in [1.82, 2.24) is 15.3 Å². The van der Waals surface area contributed by atoms with Gasteiger partial charge in [-0.1, -0.05) is 0 Å². The van der Waals surface area contributed by atoms with E-state index in [-0.39, 0.29) is 0 Å². The molecule has 0 aliphatic carbocycles. The van der Waals surface area contributed by atoms with E-state index in [1.165, 1.54) is 5.56 Å². The first-order valence-corrected chi connectivity index (χ1v) is 7.18. The number of thiophene rings is 1. The molecule has 1 aliphatic heterocycles. The summed E-state index contributed by atoms with van der Waals surface area (Å²) < 4.78 is 1.12. The lowest BCUT2D eigenvalue weighted by molar-refractivity contribution is 0.620. The molecule has 0 radical (unpaired) electrons. The minimum absolute atomic E-state index is 0.848. The fourth-order valence-corrected chi connectivity index (χ4v) is 3.41. The summed E-state index contributed by atoms with van der Waals surface area (Å²) in [5.74, 6) is 0.848. The monoisotopic (exact) mass is 309 g/mol. The molecular formula is C12H12BrN3S. The number of nitrogens with one attached hydrogen (secondary N) is 1. The van der Waals surface area contributed by atoms with Gasteiger partial charge in [0.15, 0.2) is 5.82 Å². The molecule has 0 amide bonds. The highest BCUT2D eigenvalue weighted by molar-refractivity contribution is 9.11. The van der Waals surface area contributed by atoms with Crippen molar-refractivity contribution in [2.45, 2.75) is 19.9 Å². The maximum atomic E-state index is 4.67. The van der Waals surface area contributed by atoms with Crippen LogP contribution in [0.1, 0.15) is 17.0 Å². The number of aryl methyl sites for hydroxylation is 1. The molecule has 0 atom stereocenters. The smallest absolute Gasteiger partial charge is 0.169 e. The van der Waals surface area contributed by atoms with E-state index in [2.05, 4.69) is 44.2 Å². The normalized spacial score (nSPS) is 14.7. The number of aromatic nitrogens is 2. The minimum Gasteiger partial charge on any atom is -0.311 e. The van der Waals surface area contributed by atoms with Crippen molar-refractivity contribution in [1.29, 1.82) is 0 Å². The minimum atomic E-state index is 0.848. The zero-order valence-electron chi connectivity index (χ0n) is 9.46. The van der Waals surface area contributed by atoms with E-state index in [9.17, 15) is 0 Å². The van der Waals surface area contributed by atoms with E-state index >= 15 is 0 Å². The summed E-state index contributed by atoms with van der Waals surface area (Å²) in [7, 11) is 0. The Bertz CT molecular complexity index is 565. The fraction of sp³-hybridized carbons (Fsp3) is 0.333. The van der Waals surface area contributed by atoms with Crippen LogP contribution in [0.5, 0.6) is 0 Å². The van der Waals surface area contributed by atoms with Gasteiger partial charge in [-0.05, 0) is 53.5 Å². The maximum Gasteiger partial charge on any atom is 0.169 e. The Balaban J connectivity index is 2.10. The summed E-state index contributed by atoms with van der Waals surface area (Å²) in [6.07, 6.45) is 1.04. The molecule has 0 saturated heterocycles. The molecule has 88 valence electrons. The van der Waals surface area contributed by atoms with Crippen LogP contribution in [0.25, 0.3) is 10.7 Å². The van der Waals surface area contributed by atoms with Crippen molar-refractivity contribution in [3.63, 3.8) is 0 Å². The van der Waals surface area contributed by atoms with E-state index in [1.54, 1.807) is 11.3 Å². The molecule has 0 bridgehead atoms. The van der Waals surface area contributed by atoms with Crippen molar-refractivity contribution in [3.05, 3.63) is 32.9 Å². The van der Waals surface area contributed by atoms with Crippen LogP contribution in [0.3, 0.4) is 0 Å². The van der Waals surface area contributed by atoms with Gasteiger partial charge in [0.05, 0.1) is 14.4 Å². The highest BCUT2D eigenvalue weighted by Crippen LogP contribution is 2.30. The fourth-order valence-electron chi connectivity index (χ4n) is 2.09. The Morgan fingerprint density at radius 1 is 1.35 bits per heavy atom. The third kappa shape index (κ3) is 2.14. The van der Waals surface area contributed by atoms with Crippen LogP contribution in [0, 0.1) is 6.92 Å². The summed E-state index contributed by atoms with van der Waals surface area (Å²) >= 11 is 5.14. The van der Waals surface area contributed by atoms with Gasteiger partial charge in [-0.15, -0.1) is 11.3 Å². The van der Waals surface area contributed by atoms with Gasteiger partial charge >= 0.3 is 0 Å². The lowest BCUT2D eigenvalue weighted by Crippen LogP contribution is -2.26. The van der Waals surface area contributed by atoms with Gasteiger partial charge < -0.3 is 5.32 Å². The highest BCUT2D eigenvalue weighted by atomic mass is 79.9. The van der Waals surface area contributed by atoms with E-state index in [0.717, 1.165) is 45.4 Å². The van der Waals surface area contributed by atoms with Crippen molar-refractivity contribution in [2.24, 2.45) is 0 Å². The van der Waals surface area contributed by atoms with Crippen LogP contribution in [0.15, 0.2) is 15.9 Å². The molecule has 3 heterocycles. The topological polar surface area (TPSA) is 37.8 Å². The molecule has 2 aromatic heterocycles. The average Bonchev–Trinajstić information content (AvgIpc) is 2.76. The quantitative estimate of drug-likeness (QED) is 0.880. The molecule has 2 aromatic rings. The van der Waals surface area contributed by atoms with E-state index in [4.69, 9.17) is 0 Å². The van der Waals surface area contributed by atoms with Gasteiger partial charge in [0.25, 0.3) is 0 Å². The van der Waals surface area contributed by atoms with Crippen molar-refractivity contribution < 1.29 is 0 Å². The first-order chi connectivity index (χ1) is 8.24. The Morgan fingerprint density at radius 3 is 3.00 bits per heavy atom. The Labute approximate surface area is 112 Å². The summed E-state index contributed by atoms with van der Waals surface area (Å²) in [5, 5.41) is 3.36. The second kappa shape index (κ2) is 4.48. The standard InChI is InChI=1S/C12H12BrN3S/c1-7-8-4-5-14-6-9(8)16-12(15-7)10-2-3-11(13)17-10/h2-3,14H,4-6H2,1H3. The Kier molecular flexibility index (Phi) is 2.98. The van der Waals surface area contributed by atoms with Crippen LogP contribution in [-0.4, -0.2) is 16.5 Å². The van der Waals surface area contributed by atoms with Crippen molar-refractivity contribution in [3.8, 4) is 10.7 Å². The van der Waals surface area contributed by atoms with Gasteiger partial charge in [0.2, 0.25) is 0 Å². The molecule has 0 spiro atoms. The number of hydrogen-bond acceptors (Lipinski definition) is 4. The van der Waals surface area contributed by atoms with E-state index < -0.39 is 0 Å². The molecule has 0 fully saturated rings. The highest BCUT2D eigenvalue weighted by Gasteiger charge is 2.16. The van der Waals surface area contributed by atoms with Crippen LogP contribution in [0.2, 0.25) is 0 Å². The lowest BCUT2D eigenvalue weighted by atomic mass is 10.0. The summed E-state index contributed by atoms with van der Waals surface area (Å²) in [6, 6.07) is 4.10. The van der Waals surface area contributed by atoms with Gasteiger partial charge in [-0.3, -0.25) is 0 Å². The summed E-state index contributed by atoms with van der Waals surface area (Å²) in [5.41, 5.74) is 3.60. The molecular weight excluding hydrogens is 298 g/mol. The number of fused-ring (bicyclic) bond motifs is 1. The lowest BCUT2D eigenvalue weighted by Gasteiger charge is -2.18. The molecule has 0 saturated carbocycles. The maximum absolute atomic E-state index is 4.67. The van der Waals surface area contributed by atoms with Crippen LogP contribution in [0.4, 0.5) is 0 Å². The molecule has 0 aromatic carbocycles. The van der Waals surface area contributed by atoms with Crippen LogP contribution < -0.4 is 5.32 Å². The largest absolute Gasteiger partial charge is 0.311 e. The Morgan fingerprint density at radius 2 is 2.24 bits per heavy atom. The SMILES string of the molecule is Cc1nc(-c2ccc(Br)s2)nc2c1CCNC2. The number of hydrogen-bond donors (Lipinski definition) is 1. The third-order valence-electron chi connectivity index (χ3n) is 2.94. The second-order valence-corrected chi connectivity index (χ2v) is 6.55. The van der Waals surface area contributed by atoms with Gasteiger partial charge in [0.1, 0.15) is 0 Å². The molecule has 1 N–H and O–H groups in total. The van der Waals surface area contributed by atoms with E-state index in [0.29, 0.717) is 0 Å². The Hall–Kier alpha value is -0.780. The predicted octanol–water partition coefficient (Wildman–Crippen LogP) is 2.92. The molecule has 5 heteroatoms. The first kappa shape index (κ1) is 11.3. The third-order valence-corrected chi connectivity index (χ3v) is 4.56. The number of halogens is 1. The molecule has 1 aliphatic rings. The van der Waals surface area contributed by atoms with Crippen LogP contribution >= 0.6 is 27.3 Å². The summed E-state index contributed by atoms with van der Waals surface area (Å²) in [6.45, 7) is 3.97. The second-order valence-electron chi connectivity index (χ2n) is 4.09. The summed E-state index contributed by atoms with van der Waals surface area (Å²) in [4.78, 5) is 10.4.